The summed E-state index contributed by atoms with van der Waals surface area (Å²) in [7, 11) is -5.03. The van der Waals surface area contributed by atoms with Crippen LogP contribution in [0.5, 0.6) is 0 Å². The molecule has 7 nitrogen and oxygen atoms in total. The first-order valence-corrected chi connectivity index (χ1v) is 11.4. The number of carbonyl (C=O) groups excluding carboxylic acids is 2. The van der Waals surface area contributed by atoms with Gasteiger partial charge in [0, 0.05) is 0 Å². The molecule has 0 aliphatic heterocycles. The van der Waals surface area contributed by atoms with Crippen molar-refractivity contribution in [1.29, 1.82) is 0 Å². The van der Waals surface area contributed by atoms with E-state index in [1.807, 2.05) is 6.92 Å². The van der Waals surface area contributed by atoms with Crippen LogP contribution in [-0.4, -0.2) is 48.5 Å². The van der Waals surface area contributed by atoms with Gasteiger partial charge in [0.05, 0.1) is 11.8 Å². The minimum Gasteiger partial charge on any atom is -0.459 e. The topological polar surface area (TPSA) is 107 Å². The van der Waals surface area contributed by atoms with Crippen molar-refractivity contribution < 1.29 is 45.2 Å². The molecule has 0 aromatic rings. The van der Waals surface area contributed by atoms with Crippen LogP contribution >= 0.6 is 0 Å². The Morgan fingerprint density at radius 1 is 1.07 bits per heavy atom. The molecule has 2 saturated carbocycles. The molecule has 2 fully saturated rings. The number of rotatable bonds is 7. The lowest BCUT2D eigenvalue weighted by Crippen LogP contribution is -2.44. The van der Waals surface area contributed by atoms with Gasteiger partial charge in [-0.05, 0) is 44.9 Å². The van der Waals surface area contributed by atoms with Crippen molar-refractivity contribution in [2.45, 2.75) is 82.6 Å². The second-order valence-corrected chi connectivity index (χ2v) is 9.38. The molecule has 0 heterocycles. The van der Waals surface area contributed by atoms with Crippen molar-refractivity contribution in [2.75, 3.05) is 5.75 Å². The first kappa shape index (κ1) is 23.9. The van der Waals surface area contributed by atoms with Crippen molar-refractivity contribution in [3.8, 4) is 0 Å². The van der Waals surface area contributed by atoms with Crippen LogP contribution in [-0.2, 0) is 29.2 Å². The lowest BCUT2D eigenvalue weighted by Gasteiger charge is -2.34. The molecule has 0 aromatic carbocycles. The molecule has 2 aliphatic carbocycles. The van der Waals surface area contributed by atoms with Gasteiger partial charge in [-0.15, -0.1) is 0 Å². The number of hydrogen-bond donors (Lipinski definition) is 1. The van der Waals surface area contributed by atoms with Gasteiger partial charge in [0.15, 0.2) is 0 Å². The molecule has 11 heteroatoms. The average Bonchev–Trinajstić information content (AvgIpc) is 3.08. The maximum atomic E-state index is 13.1. The van der Waals surface area contributed by atoms with Gasteiger partial charge in [-0.2, -0.15) is 21.6 Å². The Morgan fingerprint density at radius 3 is 2.03 bits per heavy atom. The normalized spacial score (nSPS) is 26.0. The van der Waals surface area contributed by atoms with E-state index in [2.05, 4.69) is 4.74 Å². The zero-order valence-corrected chi connectivity index (χ0v) is 17.1. The van der Waals surface area contributed by atoms with Crippen molar-refractivity contribution in [2.24, 2.45) is 11.8 Å². The van der Waals surface area contributed by atoms with E-state index in [4.69, 9.17) is 9.29 Å². The van der Waals surface area contributed by atoms with Gasteiger partial charge in [0.2, 0.25) is 6.10 Å². The van der Waals surface area contributed by atoms with E-state index in [0.29, 0.717) is 32.1 Å². The molecule has 0 aromatic heterocycles. The molecule has 3 unspecified atom stereocenters. The van der Waals surface area contributed by atoms with Crippen LogP contribution in [0, 0.1) is 11.8 Å². The largest absolute Gasteiger partial charge is 0.459 e. The number of ether oxygens (including phenoxy) is 2. The molecular weight excluding hydrogens is 417 g/mol. The fraction of sp³-hybridized carbons (Fsp3) is 0.889. The van der Waals surface area contributed by atoms with Crippen LogP contribution in [0.15, 0.2) is 0 Å². The molecule has 0 radical (unpaired) electrons. The summed E-state index contributed by atoms with van der Waals surface area (Å²) in [4.78, 5) is 25.2. The zero-order chi connectivity index (χ0) is 21.9. The maximum Gasteiger partial charge on any atom is 0.426 e. The van der Waals surface area contributed by atoms with E-state index in [0.717, 1.165) is 12.8 Å². The predicted octanol–water partition coefficient (Wildman–Crippen LogP) is 3.42. The van der Waals surface area contributed by atoms with Gasteiger partial charge in [-0.25, -0.2) is 0 Å². The van der Waals surface area contributed by atoms with E-state index in [-0.39, 0.29) is 12.8 Å². The average molecular weight is 444 g/mol. The number of alkyl halides is 3. The molecule has 0 amide bonds. The molecular formula is C18H27F3O7S. The molecule has 0 bridgehead atoms. The zero-order valence-electron chi connectivity index (χ0n) is 16.2. The summed E-state index contributed by atoms with van der Waals surface area (Å²) < 4.78 is 79.8. The summed E-state index contributed by atoms with van der Waals surface area (Å²) in [5.41, 5.74) is -0.595. The van der Waals surface area contributed by atoms with Crippen molar-refractivity contribution in [3.05, 3.63) is 0 Å². The van der Waals surface area contributed by atoms with Crippen molar-refractivity contribution in [1.82, 2.24) is 0 Å². The highest BCUT2D eigenvalue weighted by Crippen LogP contribution is 2.39. The highest BCUT2D eigenvalue weighted by molar-refractivity contribution is 7.85. The van der Waals surface area contributed by atoms with E-state index in [1.54, 1.807) is 0 Å². The van der Waals surface area contributed by atoms with E-state index >= 15 is 0 Å². The Morgan fingerprint density at radius 2 is 1.59 bits per heavy atom. The van der Waals surface area contributed by atoms with Crippen LogP contribution in [0.3, 0.4) is 0 Å². The Balaban J connectivity index is 2.12. The molecule has 0 saturated heterocycles. The van der Waals surface area contributed by atoms with Crippen molar-refractivity contribution in [3.63, 3.8) is 0 Å². The third kappa shape index (κ3) is 6.56. The molecule has 2 rings (SSSR count). The monoisotopic (exact) mass is 444 g/mol. The Kier molecular flexibility index (Phi) is 7.58. The second kappa shape index (κ2) is 9.20. The standard InChI is InChI=1S/C18H27F3O7S/c1-2-17(9-5-6-10-17)28-16(23)13-8-4-3-7-12(13)15(22)27-14(18(19,20)21)11-29(24,25)26/h12-14H,2-11H2,1H3,(H,24,25,26). The third-order valence-electron chi connectivity index (χ3n) is 5.83. The maximum absolute atomic E-state index is 13.1. The molecule has 1 N–H and O–H groups in total. The van der Waals surface area contributed by atoms with E-state index in [9.17, 15) is 31.2 Å². The number of hydrogen-bond acceptors (Lipinski definition) is 6. The van der Waals surface area contributed by atoms with Gasteiger partial charge in [-0.1, -0.05) is 19.8 Å². The smallest absolute Gasteiger partial charge is 0.426 e. The molecule has 168 valence electrons. The van der Waals surface area contributed by atoms with Crippen LogP contribution < -0.4 is 0 Å². The highest BCUT2D eigenvalue weighted by Gasteiger charge is 2.48. The first-order valence-electron chi connectivity index (χ1n) is 9.82. The highest BCUT2D eigenvalue weighted by atomic mass is 32.2. The van der Waals surface area contributed by atoms with Gasteiger partial charge < -0.3 is 9.47 Å². The van der Waals surface area contributed by atoms with E-state index < -0.39 is 57.5 Å². The lowest BCUT2D eigenvalue weighted by molar-refractivity contribution is -0.219. The number of halogens is 3. The fourth-order valence-corrected chi connectivity index (χ4v) is 4.79. The summed E-state index contributed by atoms with van der Waals surface area (Å²) in [6.07, 6.45) is -2.73. The summed E-state index contributed by atoms with van der Waals surface area (Å²) in [6.45, 7) is 1.90. The fourth-order valence-electron chi connectivity index (χ4n) is 4.15. The molecule has 29 heavy (non-hydrogen) atoms. The van der Waals surface area contributed by atoms with Crippen LogP contribution in [0.1, 0.15) is 64.7 Å². The summed E-state index contributed by atoms with van der Waals surface area (Å²) in [5.74, 6) is -5.77. The minimum absolute atomic E-state index is 0.147. The van der Waals surface area contributed by atoms with Gasteiger partial charge in [-0.3, -0.25) is 14.1 Å². The quantitative estimate of drug-likeness (QED) is 0.474. The number of esters is 2. The molecule has 0 spiro atoms. The van der Waals surface area contributed by atoms with Crippen molar-refractivity contribution >= 4 is 22.1 Å². The minimum atomic E-state index is -5.17. The first-order chi connectivity index (χ1) is 13.4. The number of carbonyl (C=O) groups is 2. The van der Waals surface area contributed by atoms with Crippen LogP contribution in [0.2, 0.25) is 0 Å². The third-order valence-corrected chi connectivity index (χ3v) is 6.56. The Hall–Kier alpha value is -1.36. The summed E-state index contributed by atoms with van der Waals surface area (Å²) >= 11 is 0. The second-order valence-electron chi connectivity index (χ2n) is 7.88. The van der Waals surface area contributed by atoms with E-state index in [1.165, 1.54) is 0 Å². The Bertz CT molecular complexity index is 699. The van der Waals surface area contributed by atoms with Gasteiger partial charge >= 0.3 is 18.1 Å². The van der Waals surface area contributed by atoms with Crippen LogP contribution in [0.4, 0.5) is 13.2 Å². The lowest BCUT2D eigenvalue weighted by atomic mass is 9.79. The molecule has 3 atom stereocenters. The van der Waals surface area contributed by atoms with Gasteiger partial charge in [0.25, 0.3) is 10.1 Å². The molecule has 2 aliphatic rings. The SMILES string of the molecule is CCC1(OC(=O)C2CCCCC2C(=O)OC(CS(=O)(=O)O)C(F)(F)F)CCCC1. The van der Waals surface area contributed by atoms with Crippen LogP contribution in [0.25, 0.3) is 0 Å². The Labute approximate surface area is 168 Å². The predicted molar refractivity (Wildman–Crippen MR) is 95.4 cm³/mol. The summed E-state index contributed by atoms with van der Waals surface area (Å²) in [5, 5.41) is 0. The van der Waals surface area contributed by atoms with Gasteiger partial charge in [0.1, 0.15) is 11.4 Å². The summed E-state index contributed by atoms with van der Waals surface area (Å²) in [6, 6.07) is 0.